The van der Waals surface area contributed by atoms with Crippen LogP contribution in [0, 0.1) is 11.7 Å². The summed E-state index contributed by atoms with van der Waals surface area (Å²) in [7, 11) is 0. The van der Waals surface area contributed by atoms with Gasteiger partial charge in [-0.05, 0) is 42.9 Å². The lowest BCUT2D eigenvalue weighted by Crippen LogP contribution is -2.10. The summed E-state index contributed by atoms with van der Waals surface area (Å²) in [5.41, 5.74) is 1.14. The molecule has 0 saturated heterocycles. The molecule has 0 bridgehead atoms. The van der Waals surface area contributed by atoms with Crippen molar-refractivity contribution in [3.63, 3.8) is 0 Å². The van der Waals surface area contributed by atoms with Crippen LogP contribution in [0.4, 0.5) is 4.39 Å². The topological polar surface area (TPSA) is 0 Å². The maximum absolute atomic E-state index is 12.8. The molecule has 1 atom stereocenters. The highest BCUT2D eigenvalue weighted by Crippen LogP contribution is 2.29. The Hall–Kier alpha value is -0.560. The first kappa shape index (κ1) is 13.9. The molecule has 0 amide bonds. The van der Waals surface area contributed by atoms with Gasteiger partial charge in [-0.1, -0.05) is 44.2 Å². The van der Waals surface area contributed by atoms with E-state index >= 15 is 0 Å². The lowest BCUT2D eigenvalue weighted by atomic mass is 9.85. The number of halogens is 2. The molecule has 1 unspecified atom stereocenters. The molecule has 0 radical (unpaired) electrons. The van der Waals surface area contributed by atoms with Crippen LogP contribution < -0.4 is 0 Å². The fourth-order valence-electron chi connectivity index (χ4n) is 2.87. The Labute approximate surface area is 115 Å². The number of hydrogen-bond acceptors (Lipinski definition) is 0. The molecule has 2 rings (SSSR count). The smallest absolute Gasteiger partial charge is 0.123 e. The van der Waals surface area contributed by atoms with Gasteiger partial charge in [0.1, 0.15) is 5.82 Å². The summed E-state index contributed by atoms with van der Waals surface area (Å²) in [5, 5.41) is 0.192. The summed E-state index contributed by atoms with van der Waals surface area (Å²) < 4.78 is 12.8. The normalized spacial score (nSPS) is 18.8. The van der Waals surface area contributed by atoms with Crippen molar-refractivity contribution < 1.29 is 4.39 Å². The average Bonchev–Trinajstić information content (AvgIpc) is 2.40. The number of benzene rings is 1. The first-order valence-corrected chi connectivity index (χ1v) is 7.56. The maximum atomic E-state index is 12.8. The van der Waals surface area contributed by atoms with Crippen molar-refractivity contribution in [2.24, 2.45) is 5.92 Å². The first-order valence-electron chi connectivity index (χ1n) is 7.12. The van der Waals surface area contributed by atoms with Crippen molar-refractivity contribution in [3.8, 4) is 0 Å². The molecule has 1 saturated carbocycles. The van der Waals surface area contributed by atoms with Gasteiger partial charge >= 0.3 is 0 Å². The fourth-order valence-corrected chi connectivity index (χ4v) is 3.17. The molecule has 1 aromatic rings. The second-order valence-electron chi connectivity index (χ2n) is 5.51. The highest BCUT2D eigenvalue weighted by Gasteiger charge is 2.15. The highest BCUT2D eigenvalue weighted by atomic mass is 35.5. The van der Waals surface area contributed by atoms with Crippen molar-refractivity contribution in [2.75, 3.05) is 0 Å². The zero-order valence-corrected chi connectivity index (χ0v) is 11.6. The molecule has 100 valence electrons. The summed E-state index contributed by atoms with van der Waals surface area (Å²) in [5.74, 6) is 0.722. The van der Waals surface area contributed by atoms with Crippen LogP contribution in [0.5, 0.6) is 0 Å². The third-order valence-corrected chi connectivity index (χ3v) is 4.36. The lowest BCUT2D eigenvalue weighted by Gasteiger charge is -2.22. The maximum Gasteiger partial charge on any atom is 0.123 e. The minimum atomic E-state index is -0.174. The Morgan fingerprint density at radius 1 is 1.11 bits per heavy atom. The fraction of sp³-hybridized carbons (Fsp3) is 0.625. The van der Waals surface area contributed by atoms with Crippen LogP contribution in [0.2, 0.25) is 0 Å². The summed E-state index contributed by atoms with van der Waals surface area (Å²) in [6.45, 7) is 0. The minimum Gasteiger partial charge on any atom is -0.207 e. The molecule has 1 aliphatic rings. The zero-order valence-electron chi connectivity index (χ0n) is 10.9. The molecular formula is C16H22ClF. The zero-order chi connectivity index (χ0) is 12.8. The van der Waals surface area contributed by atoms with Crippen molar-refractivity contribution in [1.29, 1.82) is 0 Å². The van der Waals surface area contributed by atoms with Crippen LogP contribution in [0.15, 0.2) is 24.3 Å². The highest BCUT2D eigenvalue weighted by molar-refractivity contribution is 6.20. The quantitative estimate of drug-likeness (QED) is 0.633. The molecule has 0 spiro atoms. The van der Waals surface area contributed by atoms with Gasteiger partial charge in [0.25, 0.3) is 0 Å². The van der Waals surface area contributed by atoms with E-state index < -0.39 is 0 Å². The summed E-state index contributed by atoms with van der Waals surface area (Å²) in [4.78, 5) is 0. The van der Waals surface area contributed by atoms with E-state index in [-0.39, 0.29) is 11.2 Å². The van der Waals surface area contributed by atoms with Crippen molar-refractivity contribution in [3.05, 3.63) is 35.6 Å². The molecule has 1 fully saturated rings. The van der Waals surface area contributed by atoms with Crippen LogP contribution in [0.25, 0.3) is 0 Å². The molecule has 0 nitrogen and oxygen atoms in total. The van der Waals surface area contributed by atoms with Crippen molar-refractivity contribution in [1.82, 2.24) is 0 Å². The predicted molar refractivity (Wildman–Crippen MR) is 75.6 cm³/mol. The van der Waals surface area contributed by atoms with Crippen molar-refractivity contribution in [2.45, 2.75) is 56.7 Å². The molecule has 1 aliphatic carbocycles. The van der Waals surface area contributed by atoms with Crippen LogP contribution in [-0.2, 0) is 6.42 Å². The van der Waals surface area contributed by atoms with E-state index in [0.717, 1.165) is 24.3 Å². The van der Waals surface area contributed by atoms with Crippen LogP contribution in [0.1, 0.15) is 50.5 Å². The molecule has 18 heavy (non-hydrogen) atoms. The third kappa shape index (κ3) is 4.61. The Kier molecular flexibility index (Phi) is 5.49. The van der Waals surface area contributed by atoms with Crippen molar-refractivity contribution >= 4 is 11.6 Å². The van der Waals surface area contributed by atoms with Gasteiger partial charge in [-0.15, -0.1) is 11.6 Å². The summed E-state index contributed by atoms with van der Waals surface area (Å²) in [6, 6.07) is 6.71. The van der Waals surface area contributed by atoms with Crippen LogP contribution >= 0.6 is 11.6 Å². The molecule has 1 aromatic carbocycles. The predicted octanol–water partition coefficient (Wildman–Crippen LogP) is 5.34. The monoisotopic (exact) mass is 268 g/mol. The van der Waals surface area contributed by atoms with E-state index in [1.807, 2.05) is 12.1 Å². The van der Waals surface area contributed by atoms with Gasteiger partial charge in [-0.2, -0.15) is 0 Å². The second-order valence-corrected chi connectivity index (χ2v) is 6.13. The SMILES string of the molecule is Fc1ccc(CC(Cl)CCC2CCCCC2)cc1. The molecule has 0 aromatic heterocycles. The second kappa shape index (κ2) is 7.13. The van der Waals surface area contributed by atoms with E-state index in [9.17, 15) is 4.39 Å². The molecule has 2 heteroatoms. The largest absolute Gasteiger partial charge is 0.207 e. The Bertz CT molecular complexity index is 341. The molecule has 0 N–H and O–H groups in total. The van der Waals surface area contributed by atoms with E-state index in [2.05, 4.69) is 0 Å². The van der Waals surface area contributed by atoms with E-state index in [4.69, 9.17) is 11.6 Å². The average molecular weight is 269 g/mol. The minimum absolute atomic E-state index is 0.174. The van der Waals surface area contributed by atoms with E-state index in [0.29, 0.717) is 0 Å². The van der Waals surface area contributed by atoms with Gasteiger partial charge in [-0.3, -0.25) is 0 Å². The van der Waals surface area contributed by atoms with Gasteiger partial charge in [0.2, 0.25) is 0 Å². The van der Waals surface area contributed by atoms with Gasteiger partial charge < -0.3 is 0 Å². The summed E-state index contributed by atoms with van der Waals surface area (Å²) >= 11 is 6.38. The Balaban J connectivity index is 1.71. The Morgan fingerprint density at radius 3 is 2.44 bits per heavy atom. The number of hydrogen-bond donors (Lipinski definition) is 0. The number of alkyl halides is 1. The van der Waals surface area contributed by atoms with Gasteiger partial charge in [0.05, 0.1) is 0 Å². The lowest BCUT2D eigenvalue weighted by molar-refractivity contribution is 0.330. The molecular weight excluding hydrogens is 247 g/mol. The van der Waals surface area contributed by atoms with Gasteiger partial charge in [-0.25, -0.2) is 4.39 Å². The molecule has 0 aliphatic heterocycles. The van der Waals surface area contributed by atoms with E-state index in [1.54, 1.807) is 0 Å². The Morgan fingerprint density at radius 2 is 1.78 bits per heavy atom. The van der Waals surface area contributed by atoms with E-state index in [1.165, 1.54) is 50.7 Å². The first-order chi connectivity index (χ1) is 8.74. The van der Waals surface area contributed by atoms with Gasteiger partial charge in [0, 0.05) is 5.38 Å². The number of rotatable bonds is 5. The molecule has 0 heterocycles. The summed E-state index contributed by atoms with van der Waals surface area (Å²) in [6.07, 6.45) is 10.2. The standard InChI is InChI=1S/C16H22ClF/c17-15(9-6-13-4-2-1-3-5-13)12-14-7-10-16(18)11-8-14/h7-8,10-11,13,15H,1-6,9,12H2. The van der Waals surface area contributed by atoms with Crippen LogP contribution in [-0.4, -0.2) is 5.38 Å². The third-order valence-electron chi connectivity index (χ3n) is 3.98. The van der Waals surface area contributed by atoms with Gasteiger partial charge in [0.15, 0.2) is 0 Å². The van der Waals surface area contributed by atoms with Crippen LogP contribution in [0.3, 0.4) is 0 Å².